The van der Waals surface area contributed by atoms with Gasteiger partial charge in [-0.2, -0.15) is 0 Å². The Bertz CT molecular complexity index is 3010. The minimum Gasteiger partial charge on any atom is -0.310 e. The van der Waals surface area contributed by atoms with Gasteiger partial charge in [0.1, 0.15) is 0 Å². The fraction of sp³-hybridized carbons (Fsp3) is 0.0370. The average molecular weight is 732 g/mol. The first-order valence-corrected chi connectivity index (χ1v) is 20.3. The van der Waals surface area contributed by atoms with Crippen LogP contribution in [0.3, 0.4) is 0 Å². The lowest BCUT2D eigenvalue weighted by Gasteiger charge is -2.27. The summed E-state index contributed by atoms with van der Waals surface area (Å²) < 4.78 is 0. The molecule has 1 unspecified atom stereocenters. The van der Waals surface area contributed by atoms with E-state index in [1.165, 1.54) is 81.1 Å². The second-order valence-corrected chi connectivity index (χ2v) is 15.9. The van der Waals surface area contributed by atoms with E-state index in [1.54, 1.807) is 0 Å². The first kappa shape index (κ1) is 32.8. The first-order chi connectivity index (χ1) is 27.8. The maximum atomic E-state index is 2.40. The van der Waals surface area contributed by atoms with E-state index < -0.39 is 0 Å². The molecule has 1 heterocycles. The molecule has 0 radical (unpaired) electrons. The average Bonchev–Trinajstić information content (AvgIpc) is 3.66. The standard InChI is InChI=1S/C54H37NS/c1-2-11-36(12-3-1)37-27-31-43(32-28-37)55(45-16-8-15-42(35-45)48-20-10-21-50-49-18-6-7-22-51(49)56-54(48)50)44-33-29-39(30-34-44)47-19-9-14-40-25-26-41-24-23-38-13-4-5-17-46(38)53(41)52(40)47/h1-17,19-35,49H,18H2. The highest BCUT2D eigenvalue weighted by Crippen LogP contribution is 2.55. The van der Waals surface area contributed by atoms with E-state index in [-0.39, 0.29) is 0 Å². The predicted molar refractivity (Wildman–Crippen MR) is 240 cm³/mol. The van der Waals surface area contributed by atoms with Crippen LogP contribution in [0.1, 0.15) is 17.9 Å². The van der Waals surface area contributed by atoms with Crippen LogP contribution in [0, 0.1) is 0 Å². The minimum absolute atomic E-state index is 0.472. The van der Waals surface area contributed by atoms with E-state index in [1.807, 2.05) is 11.8 Å². The van der Waals surface area contributed by atoms with Crippen LogP contribution in [0.5, 0.6) is 0 Å². The Morgan fingerprint density at radius 1 is 0.446 bits per heavy atom. The molecule has 9 aromatic rings. The summed E-state index contributed by atoms with van der Waals surface area (Å²) in [5.74, 6) is 0.472. The minimum atomic E-state index is 0.472. The van der Waals surface area contributed by atoms with Crippen LogP contribution in [0.15, 0.2) is 216 Å². The molecule has 1 nitrogen and oxygen atoms in total. The van der Waals surface area contributed by atoms with Crippen LogP contribution in [-0.4, -0.2) is 0 Å². The zero-order valence-corrected chi connectivity index (χ0v) is 31.6. The van der Waals surface area contributed by atoms with Gasteiger partial charge in [-0.1, -0.05) is 182 Å². The molecule has 9 aromatic carbocycles. The van der Waals surface area contributed by atoms with Crippen LogP contribution < -0.4 is 4.90 Å². The highest BCUT2D eigenvalue weighted by atomic mass is 32.2. The van der Waals surface area contributed by atoms with Gasteiger partial charge in [0.25, 0.3) is 0 Å². The molecule has 2 heteroatoms. The molecule has 0 saturated heterocycles. The van der Waals surface area contributed by atoms with Crippen LogP contribution in [-0.2, 0) is 0 Å². The van der Waals surface area contributed by atoms with Gasteiger partial charge in [0.05, 0.1) is 0 Å². The molecule has 1 atom stereocenters. The molecule has 0 saturated carbocycles. The van der Waals surface area contributed by atoms with Gasteiger partial charge in [0, 0.05) is 27.9 Å². The van der Waals surface area contributed by atoms with Gasteiger partial charge in [-0.25, -0.2) is 0 Å². The fourth-order valence-electron chi connectivity index (χ4n) is 8.88. The first-order valence-electron chi connectivity index (χ1n) is 19.4. The van der Waals surface area contributed by atoms with Gasteiger partial charge < -0.3 is 4.90 Å². The summed E-state index contributed by atoms with van der Waals surface area (Å²) in [5.41, 5.74) is 12.2. The third kappa shape index (κ3) is 5.56. The number of thioether (sulfide) groups is 1. The molecule has 0 N–H and O–H groups in total. The number of fused-ring (bicyclic) bond motifs is 8. The van der Waals surface area contributed by atoms with Crippen molar-refractivity contribution in [1.82, 2.24) is 0 Å². The van der Waals surface area contributed by atoms with E-state index >= 15 is 0 Å². The largest absolute Gasteiger partial charge is 0.310 e. The van der Waals surface area contributed by atoms with E-state index in [2.05, 4.69) is 211 Å². The van der Waals surface area contributed by atoms with E-state index in [0.717, 1.165) is 23.5 Å². The number of rotatable bonds is 6. The Hall–Kier alpha value is -6.61. The Kier molecular flexibility index (Phi) is 7.96. The van der Waals surface area contributed by atoms with E-state index in [9.17, 15) is 0 Å². The third-order valence-electron chi connectivity index (χ3n) is 11.6. The third-order valence-corrected chi connectivity index (χ3v) is 12.9. The molecule has 0 aromatic heterocycles. The summed E-state index contributed by atoms with van der Waals surface area (Å²) >= 11 is 1.95. The molecule has 2 aliphatic rings. The highest BCUT2D eigenvalue weighted by Gasteiger charge is 2.30. The highest BCUT2D eigenvalue weighted by molar-refractivity contribution is 8.03. The van der Waals surface area contributed by atoms with Crippen molar-refractivity contribution in [1.29, 1.82) is 0 Å². The summed E-state index contributed by atoms with van der Waals surface area (Å²) in [4.78, 5) is 5.25. The van der Waals surface area contributed by atoms with Gasteiger partial charge in [-0.15, -0.1) is 0 Å². The van der Waals surface area contributed by atoms with Crippen molar-refractivity contribution in [3.05, 3.63) is 217 Å². The van der Waals surface area contributed by atoms with Crippen LogP contribution >= 0.6 is 11.8 Å². The summed E-state index contributed by atoms with van der Waals surface area (Å²) in [6.07, 6.45) is 7.88. The summed E-state index contributed by atoms with van der Waals surface area (Å²) in [6, 6.07) is 69.2. The lowest BCUT2D eigenvalue weighted by molar-refractivity contribution is 0.838. The molecule has 0 amide bonds. The molecular weight excluding hydrogens is 695 g/mol. The second kappa shape index (κ2) is 13.6. The normalized spacial score (nSPS) is 14.5. The van der Waals surface area contributed by atoms with Gasteiger partial charge in [0.15, 0.2) is 0 Å². The number of allylic oxidation sites excluding steroid dienone is 4. The molecule has 1 aliphatic carbocycles. The molecular formula is C54H37NS. The van der Waals surface area contributed by atoms with Gasteiger partial charge in [0.2, 0.25) is 0 Å². The zero-order chi connectivity index (χ0) is 37.0. The maximum absolute atomic E-state index is 2.40. The van der Waals surface area contributed by atoms with Crippen molar-refractivity contribution >= 4 is 61.1 Å². The zero-order valence-electron chi connectivity index (χ0n) is 30.8. The maximum Gasteiger partial charge on any atom is 0.0467 e. The summed E-state index contributed by atoms with van der Waals surface area (Å²) in [6.45, 7) is 0. The summed E-state index contributed by atoms with van der Waals surface area (Å²) in [5, 5.41) is 7.69. The van der Waals surface area contributed by atoms with Crippen LogP contribution in [0.4, 0.5) is 17.1 Å². The van der Waals surface area contributed by atoms with Crippen molar-refractivity contribution in [3.63, 3.8) is 0 Å². The molecule has 0 spiro atoms. The molecule has 56 heavy (non-hydrogen) atoms. The Labute approximate surface area is 331 Å². The Morgan fingerprint density at radius 3 is 1.89 bits per heavy atom. The molecule has 0 fully saturated rings. The molecule has 1 aliphatic heterocycles. The topological polar surface area (TPSA) is 3.24 Å². The Morgan fingerprint density at radius 2 is 1.07 bits per heavy atom. The second-order valence-electron chi connectivity index (χ2n) is 14.8. The number of benzene rings is 9. The number of nitrogens with zero attached hydrogens (tertiary/aromatic N) is 1. The lowest BCUT2D eigenvalue weighted by atomic mass is 9.90. The summed E-state index contributed by atoms with van der Waals surface area (Å²) in [7, 11) is 0. The molecule has 264 valence electrons. The smallest absolute Gasteiger partial charge is 0.0467 e. The fourth-order valence-corrected chi connectivity index (χ4v) is 10.3. The predicted octanol–water partition coefficient (Wildman–Crippen LogP) is 15.7. The quantitative estimate of drug-likeness (QED) is 0.157. The van der Waals surface area contributed by atoms with Gasteiger partial charge in [-0.05, 0) is 119 Å². The van der Waals surface area contributed by atoms with Crippen molar-refractivity contribution < 1.29 is 0 Å². The lowest BCUT2D eigenvalue weighted by Crippen LogP contribution is -2.10. The van der Waals surface area contributed by atoms with E-state index in [4.69, 9.17) is 0 Å². The Balaban J connectivity index is 1.04. The van der Waals surface area contributed by atoms with E-state index in [0.29, 0.717) is 5.92 Å². The number of anilines is 3. The number of hydrogen-bond acceptors (Lipinski definition) is 2. The van der Waals surface area contributed by atoms with Crippen molar-refractivity contribution in [2.24, 2.45) is 0 Å². The molecule has 0 bridgehead atoms. The van der Waals surface area contributed by atoms with Crippen molar-refractivity contribution in [2.75, 3.05) is 4.90 Å². The molecule has 11 rings (SSSR count). The van der Waals surface area contributed by atoms with Crippen molar-refractivity contribution in [3.8, 4) is 33.4 Å². The van der Waals surface area contributed by atoms with Gasteiger partial charge in [-0.3, -0.25) is 0 Å². The SMILES string of the molecule is C1=CCC2C(=C1)Sc1c(-c3cccc(N(c4ccc(-c5ccccc5)cc4)c4ccc(-c5cccc6ccc7ccc8ccccc8c7c56)cc4)c3)cccc12. The van der Waals surface area contributed by atoms with Crippen LogP contribution in [0.2, 0.25) is 0 Å². The monoisotopic (exact) mass is 731 g/mol. The number of hydrogen-bond donors (Lipinski definition) is 0. The van der Waals surface area contributed by atoms with Crippen molar-refractivity contribution in [2.45, 2.75) is 17.2 Å². The van der Waals surface area contributed by atoms with Crippen LogP contribution in [0.25, 0.3) is 65.7 Å². The van der Waals surface area contributed by atoms with Gasteiger partial charge >= 0.3 is 0 Å².